The highest BCUT2D eigenvalue weighted by Crippen LogP contribution is 2.32. The van der Waals surface area contributed by atoms with Crippen LogP contribution in [0.5, 0.6) is 5.75 Å². The summed E-state index contributed by atoms with van der Waals surface area (Å²) in [5.41, 5.74) is -0.180. The fourth-order valence-corrected chi connectivity index (χ4v) is 2.12. The molecule has 0 amide bonds. The summed E-state index contributed by atoms with van der Waals surface area (Å²) in [6.45, 7) is 3.35. The Balaban J connectivity index is 2.18. The molecule has 1 aliphatic rings. The van der Waals surface area contributed by atoms with Crippen LogP contribution in [-0.2, 0) is 0 Å². The van der Waals surface area contributed by atoms with E-state index in [1.165, 1.54) is 12.3 Å². The van der Waals surface area contributed by atoms with Gasteiger partial charge in [-0.2, -0.15) is 5.10 Å². The van der Waals surface area contributed by atoms with Crippen LogP contribution in [0.3, 0.4) is 0 Å². The summed E-state index contributed by atoms with van der Waals surface area (Å²) in [4.78, 5) is 12.3. The number of nitro groups is 1. The minimum Gasteiger partial charge on any atom is -0.502 e. The SMILES string of the molecule is CN1CCN(/N=C/c2cc(Cl)cc([N+](=O)[O-])c2O)CC1. The molecule has 20 heavy (non-hydrogen) atoms. The fraction of sp³-hybridized carbons (Fsp3) is 0.417. The first-order chi connectivity index (χ1) is 9.47. The molecule has 1 aliphatic heterocycles. The van der Waals surface area contributed by atoms with E-state index in [1.807, 2.05) is 12.1 Å². The van der Waals surface area contributed by atoms with E-state index in [0.717, 1.165) is 32.2 Å². The number of phenols is 1. The van der Waals surface area contributed by atoms with E-state index in [-0.39, 0.29) is 10.6 Å². The van der Waals surface area contributed by atoms with Gasteiger partial charge in [-0.15, -0.1) is 0 Å². The van der Waals surface area contributed by atoms with E-state index in [9.17, 15) is 15.2 Å². The lowest BCUT2D eigenvalue weighted by atomic mass is 10.2. The second kappa shape index (κ2) is 6.06. The molecule has 1 aromatic rings. The third kappa shape index (κ3) is 3.37. The second-order valence-electron chi connectivity index (χ2n) is 4.62. The Morgan fingerprint density at radius 2 is 2.05 bits per heavy atom. The summed E-state index contributed by atoms with van der Waals surface area (Å²) in [6.07, 6.45) is 1.40. The number of likely N-dealkylation sites (N-methyl/N-ethyl adjacent to an activating group) is 1. The van der Waals surface area contributed by atoms with Gasteiger partial charge in [-0.05, 0) is 13.1 Å². The van der Waals surface area contributed by atoms with Gasteiger partial charge in [0.05, 0.1) is 11.1 Å². The number of benzene rings is 1. The Kier molecular flexibility index (Phi) is 4.41. The maximum Gasteiger partial charge on any atom is 0.312 e. The van der Waals surface area contributed by atoms with Gasteiger partial charge in [-0.25, -0.2) is 0 Å². The first kappa shape index (κ1) is 14.5. The quantitative estimate of drug-likeness (QED) is 0.520. The first-order valence-corrected chi connectivity index (χ1v) is 6.49. The minimum absolute atomic E-state index is 0.189. The lowest BCUT2D eigenvalue weighted by Crippen LogP contribution is -2.41. The standard InChI is InChI=1S/C12H15ClN4O3/c1-15-2-4-16(5-3-15)14-8-9-6-10(13)7-11(12(9)18)17(19)20/h6-8,18H,2-5H2,1H3/b14-8+. The van der Waals surface area contributed by atoms with E-state index in [4.69, 9.17) is 11.6 Å². The molecule has 7 nitrogen and oxygen atoms in total. The topological polar surface area (TPSA) is 82.2 Å². The predicted octanol–water partition coefficient (Wildman–Crippen LogP) is 1.54. The zero-order chi connectivity index (χ0) is 14.7. The molecule has 1 N–H and O–H groups in total. The van der Waals surface area contributed by atoms with Crippen molar-refractivity contribution in [3.05, 3.63) is 32.8 Å². The van der Waals surface area contributed by atoms with Gasteiger partial charge in [0.15, 0.2) is 0 Å². The molecule has 1 fully saturated rings. The van der Waals surface area contributed by atoms with Crippen molar-refractivity contribution in [3.8, 4) is 5.75 Å². The normalized spacial score (nSPS) is 16.8. The van der Waals surface area contributed by atoms with Crippen molar-refractivity contribution in [1.82, 2.24) is 9.91 Å². The highest BCUT2D eigenvalue weighted by atomic mass is 35.5. The number of hydrogen-bond acceptors (Lipinski definition) is 6. The monoisotopic (exact) mass is 298 g/mol. The smallest absolute Gasteiger partial charge is 0.312 e. The second-order valence-corrected chi connectivity index (χ2v) is 5.06. The highest BCUT2D eigenvalue weighted by molar-refractivity contribution is 6.31. The van der Waals surface area contributed by atoms with Crippen molar-refractivity contribution in [2.75, 3.05) is 33.2 Å². The van der Waals surface area contributed by atoms with Crippen LogP contribution >= 0.6 is 11.6 Å². The van der Waals surface area contributed by atoms with Gasteiger partial charge in [0.1, 0.15) is 0 Å². The van der Waals surface area contributed by atoms with Crippen molar-refractivity contribution in [2.24, 2.45) is 5.10 Å². The number of nitro benzene ring substituents is 1. The van der Waals surface area contributed by atoms with Crippen molar-refractivity contribution >= 4 is 23.5 Å². The zero-order valence-corrected chi connectivity index (χ0v) is 11.7. The molecule has 8 heteroatoms. The van der Waals surface area contributed by atoms with Crippen molar-refractivity contribution < 1.29 is 10.0 Å². The molecule has 0 radical (unpaired) electrons. The highest BCUT2D eigenvalue weighted by Gasteiger charge is 2.18. The number of nitrogens with zero attached hydrogens (tertiary/aromatic N) is 4. The number of rotatable bonds is 3. The molecule has 0 atom stereocenters. The van der Waals surface area contributed by atoms with E-state index in [0.29, 0.717) is 0 Å². The number of hydrogen-bond donors (Lipinski definition) is 1. The summed E-state index contributed by atoms with van der Waals surface area (Å²) < 4.78 is 0. The fourth-order valence-electron chi connectivity index (χ4n) is 1.90. The van der Waals surface area contributed by atoms with Gasteiger partial charge in [0, 0.05) is 42.8 Å². The van der Waals surface area contributed by atoms with E-state index >= 15 is 0 Å². The molecule has 2 rings (SSSR count). The zero-order valence-electron chi connectivity index (χ0n) is 11.0. The Labute approximate surface area is 121 Å². The number of hydrazone groups is 1. The maximum atomic E-state index is 10.8. The summed E-state index contributed by atoms with van der Waals surface area (Å²) in [5, 5.41) is 26.9. The number of halogens is 1. The minimum atomic E-state index is -0.672. The lowest BCUT2D eigenvalue weighted by molar-refractivity contribution is -0.385. The Hall–Kier alpha value is -1.86. The number of piperazine rings is 1. The van der Waals surface area contributed by atoms with Gasteiger partial charge in [-0.3, -0.25) is 15.1 Å². The molecule has 0 saturated carbocycles. The van der Waals surface area contributed by atoms with Crippen molar-refractivity contribution in [2.45, 2.75) is 0 Å². The lowest BCUT2D eigenvalue weighted by Gasteiger charge is -2.30. The summed E-state index contributed by atoms with van der Waals surface area (Å²) >= 11 is 5.81. The molecule has 0 aliphatic carbocycles. The molecule has 0 aromatic heterocycles. The number of phenolic OH excluding ortho intramolecular Hbond substituents is 1. The first-order valence-electron chi connectivity index (χ1n) is 6.12. The Morgan fingerprint density at radius 1 is 1.40 bits per heavy atom. The van der Waals surface area contributed by atoms with Crippen molar-refractivity contribution in [1.29, 1.82) is 0 Å². The van der Waals surface area contributed by atoms with Crippen LogP contribution in [-0.4, -0.2) is 59.4 Å². The molecule has 1 saturated heterocycles. The third-order valence-electron chi connectivity index (χ3n) is 3.12. The summed E-state index contributed by atoms with van der Waals surface area (Å²) in [7, 11) is 2.03. The molecule has 108 valence electrons. The molecular weight excluding hydrogens is 284 g/mol. The van der Waals surface area contributed by atoms with E-state index < -0.39 is 16.4 Å². The van der Waals surface area contributed by atoms with Crippen LogP contribution in [0.1, 0.15) is 5.56 Å². The molecule has 1 heterocycles. The van der Waals surface area contributed by atoms with Crippen LogP contribution in [0.4, 0.5) is 5.69 Å². The predicted molar refractivity (Wildman–Crippen MR) is 76.4 cm³/mol. The van der Waals surface area contributed by atoms with E-state index in [2.05, 4.69) is 10.0 Å². The summed E-state index contributed by atoms with van der Waals surface area (Å²) in [6, 6.07) is 2.56. The third-order valence-corrected chi connectivity index (χ3v) is 3.34. The van der Waals surface area contributed by atoms with Crippen LogP contribution in [0.25, 0.3) is 0 Å². The van der Waals surface area contributed by atoms with Crippen LogP contribution < -0.4 is 0 Å². The van der Waals surface area contributed by atoms with Crippen LogP contribution in [0.2, 0.25) is 5.02 Å². The molecule has 0 bridgehead atoms. The molecular formula is C12H15ClN4O3. The van der Waals surface area contributed by atoms with Gasteiger partial charge >= 0.3 is 5.69 Å². The van der Waals surface area contributed by atoms with E-state index in [1.54, 1.807) is 0 Å². The number of aromatic hydroxyl groups is 1. The van der Waals surface area contributed by atoms with Gasteiger partial charge in [-0.1, -0.05) is 11.6 Å². The van der Waals surface area contributed by atoms with Crippen LogP contribution in [0.15, 0.2) is 17.2 Å². The average Bonchev–Trinajstić information content (AvgIpc) is 2.41. The Morgan fingerprint density at radius 3 is 2.65 bits per heavy atom. The molecule has 1 aromatic carbocycles. The maximum absolute atomic E-state index is 10.8. The molecule has 0 unspecified atom stereocenters. The molecule has 0 spiro atoms. The summed E-state index contributed by atoms with van der Waals surface area (Å²) in [5.74, 6) is -0.419. The average molecular weight is 299 g/mol. The van der Waals surface area contributed by atoms with Gasteiger partial charge in [0.25, 0.3) is 0 Å². The van der Waals surface area contributed by atoms with Crippen molar-refractivity contribution in [3.63, 3.8) is 0 Å². The Bertz CT molecular complexity index is 542. The largest absolute Gasteiger partial charge is 0.502 e. The van der Waals surface area contributed by atoms with Crippen LogP contribution in [0, 0.1) is 10.1 Å². The van der Waals surface area contributed by atoms with Gasteiger partial charge < -0.3 is 10.0 Å². The van der Waals surface area contributed by atoms with Gasteiger partial charge in [0.2, 0.25) is 5.75 Å².